The van der Waals surface area contributed by atoms with E-state index in [1.54, 1.807) is 0 Å². The third kappa shape index (κ3) is 3.05. The number of aromatic nitrogens is 1. The van der Waals surface area contributed by atoms with Crippen LogP contribution in [0.2, 0.25) is 0 Å². The van der Waals surface area contributed by atoms with Crippen LogP contribution < -0.4 is 10.2 Å². The van der Waals surface area contributed by atoms with Crippen molar-refractivity contribution in [2.24, 2.45) is 7.05 Å². The fraction of sp³-hybridized carbons (Fsp3) is 0.250. The Kier molecular flexibility index (Phi) is 4.06. The Labute approximate surface area is 147 Å². The molecule has 0 radical (unpaired) electrons. The van der Waals surface area contributed by atoms with Gasteiger partial charge >= 0.3 is 6.03 Å². The number of piperazine rings is 1. The molecule has 2 amide bonds. The van der Waals surface area contributed by atoms with Crippen molar-refractivity contribution in [1.29, 1.82) is 0 Å². The Balaban J connectivity index is 1.42. The normalized spacial score (nSPS) is 14.8. The van der Waals surface area contributed by atoms with Gasteiger partial charge in [0.1, 0.15) is 0 Å². The molecule has 1 aliphatic heterocycles. The summed E-state index contributed by atoms with van der Waals surface area (Å²) < 4.78 is 2.04. The number of para-hydroxylation sites is 2. The molecule has 5 nitrogen and oxygen atoms in total. The second-order valence-electron chi connectivity index (χ2n) is 6.41. The summed E-state index contributed by atoms with van der Waals surface area (Å²) in [5.74, 6) is 0. The average Bonchev–Trinajstić information content (AvgIpc) is 2.98. The smallest absolute Gasteiger partial charge is 0.322 e. The Morgan fingerprint density at radius 2 is 1.60 bits per heavy atom. The predicted octanol–water partition coefficient (Wildman–Crippen LogP) is 3.53. The number of nitrogens with one attached hydrogen (secondary N) is 1. The fourth-order valence-corrected chi connectivity index (χ4v) is 3.44. The average molecular weight is 334 g/mol. The van der Waals surface area contributed by atoms with Crippen molar-refractivity contribution >= 4 is 28.3 Å². The van der Waals surface area contributed by atoms with Gasteiger partial charge in [0.05, 0.1) is 5.69 Å². The van der Waals surface area contributed by atoms with Crippen molar-refractivity contribution in [3.63, 3.8) is 0 Å². The summed E-state index contributed by atoms with van der Waals surface area (Å²) in [6.07, 6.45) is 1.97. The topological polar surface area (TPSA) is 40.5 Å². The lowest BCUT2D eigenvalue weighted by Crippen LogP contribution is -2.50. The van der Waals surface area contributed by atoms with E-state index in [0.29, 0.717) is 0 Å². The van der Waals surface area contributed by atoms with E-state index in [-0.39, 0.29) is 6.03 Å². The van der Waals surface area contributed by atoms with E-state index in [0.717, 1.165) is 42.8 Å². The first-order chi connectivity index (χ1) is 12.2. The fourth-order valence-electron chi connectivity index (χ4n) is 3.44. The highest BCUT2D eigenvalue weighted by molar-refractivity contribution is 6.01. The van der Waals surface area contributed by atoms with Crippen molar-refractivity contribution in [3.8, 4) is 0 Å². The molecular weight excluding hydrogens is 312 g/mol. The Hall–Kier alpha value is -2.95. The molecule has 0 aliphatic carbocycles. The van der Waals surface area contributed by atoms with E-state index >= 15 is 0 Å². The van der Waals surface area contributed by atoms with Crippen LogP contribution in [-0.2, 0) is 7.05 Å². The van der Waals surface area contributed by atoms with Gasteiger partial charge in [-0.3, -0.25) is 0 Å². The molecule has 0 saturated carbocycles. The molecule has 1 aromatic heterocycles. The lowest BCUT2D eigenvalue weighted by Gasteiger charge is -2.36. The monoisotopic (exact) mass is 334 g/mol. The van der Waals surface area contributed by atoms with E-state index < -0.39 is 0 Å². The van der Waals surface area contributed by atoms with Gasteiger partial charge in [0.25, 0.3) is 0 Å². The molecule has 3 aromatic rings. The molecule has 0 atom stereocenters. The molecule has 25 heavy (non-hydrogen) atoms. The number of anilines is 2. The third-order valence-corrected chi connectivity index (χ3v) is 4.83. The van der Waals surface area contributed by atoms with Gasteiger partial charge in [-0.1, -0.05) is 36.4 Å². The third-order valence-electron chi connectivity index (χ3n) is 4.83. The zero-order valence-electron chi connectivity index (χ0n) is 14.4. The number of carbonyl (C=O) groups excluding carboxylic acids is 1. The largest absolute Gasteiger partial charge is 0.368 e. The standard InChI is InChI=1S/C20H22N4O/c1-22-15-18(17-9-5-6-10-19(17)22)21-20(25)24-13-11-23(12-14-24)16-7-3-2-4-8-16/h2-10,15H,11-14H2,1H3,(H,21,25). The lowest BCUT2D eigenvalue weighted by atomic mass is 10.2. The maximum Gasteiger partial charge on any atom is 0.322 e. The minimum Gasteiger partial charge on any atom is -0.368 e. The number of amides is 2. The first-order valence-corrected chi connectivity index (χ1v) is 8.62. The molecule has 2 aromatic carbocycles. The van der Waals surface area contributed by atoms with Crippen molar-refractivity contribution in [2.75, 3.05) is 36.4 Å². The van der Waals surface area contributed by atoms with Crippen LogP contribution in [0.4, 0.5) is 16.2 Å². The van der Waals surface area contributed by atoms with Crippen LogP contribution in [0, 0.1) is 0 Å². The van der Waals surface area contributed by atoms with Crippen molar-refractivity contribution < 1.29 is 4.79 Å². The minimum atomic E-state index is -0.0240. The first kappa shape index (κ1) is 15.6. The number of urea groups is 1. The summed E-state index contributed by atoms with van der Waals surface area (Å²) in [4.78, 5) is 16.9. The van der Waals surface area contributed by atoms with Gasteiger partial charge in [-0.15, -0.1) is 0 Å². The number of benzene rings is 2. The number of hydrogen-bond acceptors (Lipinski definition) is 2. The van der Waals surface area contributed by atoms with Crippen LogP contribution in [0.15, 0.2) is 60.8 Å². The van der Waals surface area contributed by atoms with Gasteiger partial charge in [0.2, 0.25) is 0 Å². The maximum atomic E-state index is 12.7. The minimum absolute atomic E-state index is 0.0240. The maximum absolute atomic E-state index is 12.7. The van der Waals surface area contributed by atoms with E-state index in [9.17, 15) is 4.79 Å². The van der Waals surface area contributed by atoms with Gasteiger partial charge < -0.3 is 19.7 Å². The molecular formula is C20H22N4O. The molecule has 0 spiro atoms. The summed E-state index contributed by atoms with van der Waals surface area (Å²) in [6.45, 7) is 3.16. The molecule has 1 fully saturated rings. The molecule has 2 heterocycles. The highest BCUT2D eigenvalue weighted by atomic mass is 16.2. The molecule has 1 saturated heterocycles. The number of fused-ring (bicyclic) bond motifs is 1. The Morgan fingerprint density at radius 3 is 2.36 bits per heavy atom. The van der Waals surface area contributed by atoms with E-state index in [2.05, 4.69) is 40.5 Å². The highest BCUT2D eigenvalue weighted by Crippen LogP contribution is 2.25. The number of hydrogen-bond donors (Lipinski definition) is 1. The molecule has 0 bridgehead atoms. The SMILES string of the molecule is Cn1cc(NC(=O)N2CCN(c3ccccc3)CC2)c2ccccc21. The van der Waals surface area contributed by atoms with E-state index in [4.69, 9.17) is 0 Å². The summed E-state index contributed by atoms with van der Waals surface area (Å²) >= 11 is 0. The molecule has 1 aliphatic rings. The zero-order valence-corrected chi connectivity index (χ0v) is 14.4. The second-order valence-corrected chi connectivity index (χ2v) is 6.41. The molecule has 0 unspecified atom stereocenters. The van der Waals surface area contributed by atoms with Gasteiger partial charge in [-0.05, 0) is 18.2 Å². The predicted molar refractivity (Wildman–Crippen MR) is 102 cm³/mol. The molecule has 4 rings (SSSR count). The number of carbonyl (C=O) groups is 1. The van der Waals surface area contributed by atoms with Crippen LogP contribution in [-0.4, -0.2) is 41.7 Å². The second kappa shape index (κ2) is 6.51. The van der Waals surface area contributed by atoms with Crippen molar-refractivity contribution in [2.45, 2.75) is 0 Å². The number of rotatable bonds is 2. The Morgan fingerprint density at radius 1 is 0.920 bits per heavy atom. The van der Waals surface area contributed by atoms with E-state index in [1.807, 2.05) is 47.0 Å². The van der Waals surface area contributed by atoms with Gasteiger partial charge in [-0.2, -0.15) is 0 Å². The summed E-state index contributed by atoms with van der Waals surface area (Å²) in [5, 5.41) is 4.15. The summed E-state index contributed by atoms with van der Waals surface area (Å²) in [6, 6.07) is 18.4. The van der Waals surface area contributed by atoms with Crippen molar-refractivity contribution in [3.05, 3.63) is 60.8 Å². The van der Waals surface area contributed by atoms with Crippen LogP contribution in [0.1, 0.15) is 0 Å². The molecule has 128 valence electrons. The van der Waals surface area contributed by atoms with Crippen LogP contribution in [0.25, 0.3) is 10.9 Å². The van der Waals surface area contributed by atoms with Gasteiger partial charge in [0.15, 0.2) is 0 Å². The molecule has 1 N–H and O–H groups in total. The summed E-state index contributed by atoms with van der Waals surface area (Å²) in [5.41, 5.74) is 3.21. The van der Waals surface area contributed by atoms with Gasteiger partial charge in [-0.25, -0.2) is 4.79 Å². The van der Waals surface area contributed by atoms with Crippen LogP contribution in [0.5, 0.6) is 0 Å². The lowest BCUT2D eigenvalue weighted by molar-refractivity contribution is 0.208. The first-order valence-electron chi connectivity index (χ1n) is 8.62. The van der Waals surface area contributed by atoms with Crippen LogP contribution in [0.3, 0.4) is 0 Å². The number of aryl methyl sites for hydroxylation is 1. The zero-order chi connectivity index (χ0) is 17.2. The highest BCUT2D eigenvalue weighted by Gasteiger charge is 2.22. The quantitative estimate of drug-likeness (QED) is 0.779. The van der Waals surface area contributed by atoms with Crippen LogP contribution >= 0.6 is 0 Å². The Bertz CT molecular complexity index is 879. The summed E-state index contributed by atoms with van der Waals surface area (Å²) in [7, 11) is 2.00. The molecule has 5 heteroatoms. The van der Waals surface area contributed by atoms with Gasteiger partial charge in [0, 0.05) is 56.0 Å². The van der Waals surface area contributed by atoms with E-state index in [1.165, 1.54) is 5.69 Å². The number of nitrogens with zero attached hydrogens (tertiary/aromatic N) is 3. The van der Waals surface area contributed by atoms with Crippen molar-refractivity contribution in [1.82, 2.24) is 9.47 Å².